The van der Waals surface area contributed by atoms with Crippen molar-refractivity contribution in [3.8, 4) is 5.75 Å². The molecule has 6 heteroatoms. The molecule has 2 aromatic carbocycles. The topological polar surface area (TPSA) is 94.8 Å². The molecule has 0 bridgehead atoms. The zero-order valence-corrected chi connectivity index (χ0v) is 18.7. The molecule has 3 N–H and O–H groups in total. The first kappa shape index (κ1) is 23.3. The van der Waals surface area contributed by atoms with E-state index in [1.165, 1.54) is 0 Å². The van der Waals surface area contributed by atoms with E-state index in [9.17, 15) is 23.7 Å². The lowest BCUT2D eigenvalue weighted by atomic mass is 9.89. The van der Waals surface area contributed by atoms with Crippen LogP contribution in [-0.2, 0) is 9.84 Å². The van der Waals surface area contributed by atoms with Gasteiger partial charge in [-0.3, -0.25) is 0 Å². The van der Waals surface area contributed by atoms with Gasteiger partial charge in [-0.05, 0) is 53.2 Å². The molecule has 166 valence electrons. The summed E-state index contributed by atoms with van der Waals surface area (Å²) in [6, 6.07) is 16.8. The SMILES string of the molecule is CC(C)C1=C([C@H](O)CC/C(=C/c2ccccc2O)c2ccccc2)[C@H](CO)S(=O)(=O)C1. The lowest BCUT2D eigenvalue weighted by Gasteiger charge is -2.21. The van der Waals surface area contributed by atoms with Gasteiger partial charge in [0.25, 0.3) is 0 Å². The summed E-state index contributed by atoms with van der Waals surface area (Å²) in [5.74, 6) is 0.0338. The Hall–Kier alpha value is -2.41. The van der Waals surface area contributed by atoms with Gasteiger partial charge in [-0.1, -0.05) is 62.4 Å². The third-order valence-electron chi connectivity index (χ3n) is 5.83. The molecular formula is C25H30O5S. The Balaban J connectivity index is 1.91. The number of phenolic OH excluding ortho intramolecular Hbond substituents is 1. The highest BCUT2D eigenvalue weighted by Gasteiger charge is 2.41. The van der Waals surface area contributed by atoms with E-state index in [0.29, 0.717) is 29.6 Å². The fraction of sp³-hybridized carbons (Fsp3) is 0.360. The highest BCUT2D eigenvalue weighted by Crippen LogP contribution is 2.36. The van der Waals surface area contributed by atoms with Crippen molar-refractivity contribution in [1.82, 2.24) is 0 Å². The third kappa shape index (κ3) is 5.26. The first-order valence-corrected chi connectivity index (χ1v) is 12.2. The molecule has 2 aromatic rings. The van der Waals surface area contributed by atoms with Gasteiger partial charge in [-0.15, -0.1) is 0 Å². The van der Waals surface area contributed by atoms with Crippen molar-refractivity contribution >= 4 is 21.5 Å². The molecule has 0 saturated heterocycles. The largest absolute Gasteiger partial charge is 0.507 e. The number of aliphatic hydroxyl groups excluding tert-OH is 2. The number of hydrogen-bond acceptors (Lipinski definition) is 5. The van der Waals surface area contributed by atoms with Crippen molar-refractivity contribution in [1.29, 1.82) is 0 Å². The quantitative estimate of drug-likeness (QED) is 0.427. The van der Waals surface area contributed by atoms with Gasteiger partial charge in [0.15, 0.2) is 9.84 Å². The molecule has 0 amide bonds. The van der Waals surface area contributed by atoms with E-state index >= 15 is 0 Å². The molecule has 0 fully saturated rings. The lowest BCUT2D eigenvalue weighted by molar-refractivity contribution is 0.189. The lowest BCUT2D eigenvalue weighted by Crippen LogP contribution is -2.29. The third-order valence-corrected chi connectivity index (χ3v) is 7.81. The normalized spacial score (nSPS) is 19.8. The maximum absolute atomic E-state index is 12.5. The summed E-state index contributed by atoms with van der Waals surface area (Å²) in [4.78, 5) is 0. The van der Waals surface area contributed by atoms with E-state index < -0.39 is 27.8 Å². The van der Waals surface area contributed by atoms with Crippen LogP contribution in [0.4, 0.5) is 0 Å². The van der Waals surface area contributed by atoms with Crippen molar-refractivity contribution in [2.45, 2.75) is 38.0 Å². The van der Waals surface area contributed by atoms with Crippen LogP contribution in [0.1, 0.15) is 37.8 Å². The second-order valence-electron chi connectivity index (χ2n) is 8.26. The second kappa shape index (κ2) is 9.81. The average Bonchev–Trinajstić information content (AvgIpc) is 3.03. The molecule has 1 heterocycles. The number of hydrogen-bond donors (Lipinski definition) is 3. The molecule has 0 aromatic heterocycles. The predicted octanol–water partition coefficient (Wildman–Crippen LogP) is 3.82. The number of aliphatic hydroxyl groups is 2. The second-order valence-corrected chi connectivity index (χ2v) is 10.4. The fourth-order valence-corrected chi connectivity index (χ4v) is 6.20. The molecule has 0 saturated carbocycles. The summed E-state index contributed by atoms with van der Waals surface area (Å²) >= 11 is 0. The predicted molar refractivity (Wildman–Crippen MR) is 124 cm³/mol. The summed E-state index contributed by atoms with van der Waals surface area (Å²) in [5, 5.41) is 29.9. The van der Waals surface area contributed by atoms with E-state index in [-0.39, 0.29) is 17.4 Å². The van der Waals surface area contributed by atoms with Crippen LogP contribution in [0.25, 0.3) is 11.6 Å². The van der Waals surface area contributed by atoms with Crippen molar-refractivity contribution in [3.05, 3.63) is 76.9 Å². The van der Waals surface area contributed by atoms with Crippen LogP contribution in [0.3, 0.4) is 0 Å². The Morgan fingerprint density at radius 3 is 2.35 bits per heavy atom. The van der Waals surface area contributed by atoms with Crippen molar-refractivity contribution in [2.24, 2.45) is 5.92 Å². The van der Waals surface area contributed by atoms with Crippen LogP contribution < -0.4 is 0 Å². The number of benzene rings is 2. The number of phenols is 1. The minimum absolute atomic E-state index is 0.0265. The van der Waals surface area contributed by atoms with Gasteiger partial charge in [0.2, 0.25) is 0 Å². The van der Waals surface area contributed by atoms with Crippen LogP contribution in [0.15, 0.2) is 65.7 Å². The molecule has 0 unspecified atom stereocenters. The van der Waals surface area contributed by atoms with Crippen molar-refractivity contribution < 1.29 is 23.7 Å². The molecule has 31 heavy (non-hydrogen) atoms. The maximum atomic E-state index is 12.5. The molecule has 0 radical (unpaired) electrons. The Bertz CT molecular complexity index is 1070. The number of rotatable bonds is 8. The zero-order chi connectivity index (χ0) is 22.6. The van der Waals surface area contributed by atoms with E-state index in [4.69, 9.17) is 0 Å². The van der Waals surface area contributed by atoms with Crippen LogP contribution >= 0.6 is 0 Å². The first-order valence-electron chi connectivity index (χ1n) is 10.5. The summed E-state index contributed by atoms with van der Waals surface area (Å²) in [6.07, 6.45) is 1.71. The monoisotopic (exact) mass is 442 g/mol. The van der Waals surface area contributed by atoms with Gasteiger partial charge in [-0.25, -0.2) is 8.42 Å². The molecule has 3 rings (SSSR count). The van der Waals surface area contributed by atoms with Crippen LogP contribution in [0, 0.1) is 5.92 Å². The van der Waals surface area contributed by atoms with E-state index in [1.807, 2.05) is 62.4 Å². The van der Waals surface area contributed by atoms with Crippen molar-refractivity contribution in [2.75, 3.05) is 12.4 Å². The van der Waals surface area contributed by atoms with E-state index in [1.54, 1.807) is 12.1 Å². The average molecular weight is 443 g/mol. The summed E-state index contributed by atoms with van der Waals surface area (Å²) < 4.78 is 25.0. The zero-order valence-electron chi connectivity index (χ0n) is 17.9. The summed E-state index contributed by atoms with van der Waals surface area (Å²) in [5.41, 5.74) is 3.72. The van der Waals surface area contributed by atoms with Gasteiger partial charge in [0, 0.05) is 5.56 Å². The van der Waals surface area contributed by atoms with Gasteiger partial charge >= 0.3 is 0 Å². The standard InChI is InChI=1S/C25H30O5S/c1-17(2)21-16-31(29,30)24(15-26)25(21)23(28)13-12-19(18-8-4-3-5-9-18)14-20-10-6-7-11-22(20)27/h3-11,14,17,23-24,26-28H,12-13,15-16H2,1-2H3/b19-14-/t23-,24+/m1/s1. The highest BCUT2D eigenvalue weighted by atomic mass is 32.2. The van der Waals surface area contributed by atoms with Crippen molar-refractivity contribution in [3.63, 3.8) is 0 Å². The number of aromatic hydroxyl groups is 1. The minimum atomic E-state index is -3.50. The molecule has 2 atom stereocenters. The molecular weight excluding hydrogens is 412 g/mol. The van der Waals surface area contributed by atoms with E-state index in [2.05, 4.69) is 0 Å². The van der Waals surface area contributed by atoms with Crippen LogP contribution in [0.5, 0.6) is 5.75 Å². The smallest absolute Gasteiger partial charge is 0.163 e. The Morgan fingerprint density at radius 2 is 1.74 bits per heavy atom. The van der Waals surface area contributed by atoms with Crippen LogP contribution in [0.2, 0.25) is 0 Å². The Labute approximate surface area is 184 Å². The first-order chi connectivity index (χ1) is 14.7. The Kier molecular flexibility index (Phi) is 7.36. The van der Waals surface area contributed by atoms with E-state index in [0.717, 1.165) is 11.1 Å². The highest BCUT2D eigenvalue weighted by molar-refractivity contribution is 7.92. The fourth-order valence-electron chi connectivity index (χ4n) is 4.14. The minimum Gasteiger partial charge on any atom is -0.507 e. The van der Waals surface area contributed by atoms with Gasteiger partial charge in [-0.2, -0.15) is 0 Å². The molecule has 5 nitrogen and oxygen atoms in total. The molecule has 1 aliphatic heterocycles. The maximum Gasteiger partial charge on any atom is 0.163 e. The molecule has 0 spiro atoms. The van der Waals surface area contributed by atoms with Crippen LogP contribution in [-0.4, -0.2) is 47.5 Å². The number of para-hydroxylation sites is 1. The number of sulfone groups is 1. The van der Waals surface area contributed by atoms with Gasteiger partial charge < -0.3 is 15.3 Å². The number of allylic oxidation sites excluding steroid dienone is 1. The Morgan fingerprint density at radius 1 is 1.10 bits per heavy atom. The summed E-state index contributed by atoms with van der Waals surface area (Å²) in [6.45, 7) is 3.29. The summed E-state index contributed by atoms with van der Waals surface area (Å²) in [7, 11) is -3.50. The molecule has 1 aliphatic rings. The molecule has 0 aliphatic carbocycles. The van der Waals surface area contributed by atoms with Gasteiger partial charge in [0.05, 0.1) is 18.5 Å². The van der Waals surface area contributed by atoms with Gasteiger partial charge in [0.1, 0.15) is 11.0 Å².